The molecule has 1 unspecified atom stereocenters. The van der Waals surface area contributed by atoms with Crippen LogP contribution < -0.4 is 5.73 Å². The van der Waals surface area contributed by atoms with Crippen LogP contribution in [0.25, 0.3) is 11.0 Å². The number of nitrogens with two attached hydrogens (primary N) is 1. The summed E-state index contributed by atoms with van der Waals surface area (Å²) in [5.74, 6) is 0.747. The lowest BCUT2D eigenvalue weighted by Crippen LogP contribution is -2.17. The Bertz CT molecular complexity index is 476. The number of fused-ring (bicyclic) bond motifs is 1. The predicted molar refractivity (Wildman–Crippen MR) is 57.8 cm³/mol. The maximum absolute atomic E-state index is 12.9. The maximum Gasteiger partial charge on any atom is 0.125 e. The second-order valence-corrected chi connectivity index (χ2v) is 4.05. The summed E-state index contributed by atoms with van der Waals surface area (Å²) in [5.41, 5.74) is 7.40. The molecule has 0 radical (unpaired) electrons. The predicted octanol–water partition coefficient (Wildman–Crippen LogP) is 2.36. The van der Waals surface area contributed by atoms with Gasteiger partial charge in [-0.05, 0) is 24.1 Å². The molecule has 4 heteroatoms. The van der Waals surface area contributed by atoms with Crippen molar-refractivity contribution in [2.75, 3.05) is 0 Å². The van der Waals surface area contributed by atoms with Crippen LogP contribution in [-0.2, 0) is 0 Å². The van der Waals surface area contributed by atoms with Gasteiger partial charge in [0.15, 0.2) is 0 Å². The smallest absolute Gasteiger partial charge is 0.125 e. The topological polar surface area (TPSA) is 54.7 Å². The number of aromatic nitrogens is 2. The molecule has 15 heavy (non-hydrogen) atoms. The fourth-order valence-corrected chi connectivity index (χ4v) is 1.48. The van der Waals surface area contributed by atoms with Gasteiger partial charge in [0.2, 0.25) is 0 Å². The Kier molecular flexibility index (Phi) is 2.44. The lowest BCUT2D eigenvalue weighted by Gasteiger charge is -2.11. The zero-order valence-corrected chi connectivity index (χ0v) is 8.79. The highest BCUT2D eigenvalue weighted by atomic mass is 19.1. The highest BCUT2D eigenvalue weighted by molar-refractivity contribution is 5.75. The van der Waals surface area contributed by atoms with Gasteiger partial charge in [0, 0.05) is 0 Å². The summed E-state index contributed by atoms with van der Waals surface area (Å²) in [6, 6.07) is 4.34. The third kappa shape index (κ3) is 1.85. The molecule has 0 spiro atoms. The number of aromatic amines is 1. The summed E-state index contributed by atoms with van der Waals surface area (Å²) in [6.45, 7) is 4.05. The number of rotatable bonds is 2. The summed E-state index contributed by atoms with van der Waals surface area (Å²) in [4.78, 5) is 7.37. The first kappa shape index (κ1) is 10.1. The quantitative estimate of drug-likeness (QED) is 0.794. The molecule has 1 aromatic heterocycles. The molecule has 0 fully saturated rings. The van der Waals surface area contributed by atoms with Crippen molar-refractivity contribution in [3.05, 3.63) is 29.8 Å². The molecule has 1 atom stereocenters. The maximum atomic E-state index is 12.9. The summed E-state index contributed by atoms with van der Waals surface area (Å²) >= 11 is 0. The van der Waals surface area contributed by atoms with Gasteiger partial charge in [-0.25, -0.2) is 9.37 Å². The molecule has 0 amide bonds. The number of benzene rings is 1. The fourth-order valence-electron chi connectivity index (χ4n) is 1.48. The summed E-state index contributed by atoms with van der Waals surface area (Å²) in [6.07, 6.45) is 0. The number of nitrogens with zero attached hydrogens (tertiary/aromatic N) is 1. The van der Waals surface area contributed by atoms with Gasteiger partial charge in [-0.1, -0.05) is 13.8 Å². The van der Waals surface area contributed by atoms with Crippen LogP contribution in [0.3, 0.4) is 0 Å². The minimum atomic E-state index is -0.268. The molecule has 0 aliphatic heterocycles. The minimum absolute atomic E-state index is 0.138. The van der Waals surface area contributed by atoms with E-state index in [-0.39, 0.29) is 11.9 Å². The van der Waals surface area contributed by atoms with Crippen LogP contribution >= 0.6 is 0 Å². The van der Waals surface area contributed by atoms with Gasteiger partial charge in [0.05, 0.1) is 17.1 Å². The summed E-state index contributed by atoms with van der Waals surface area (Å²) < 4.78 is 12.9. The first-order chi connectivity index (χ1) is 7.08. The number of H-pyrrole nitrogens is 1. The Labute approximate surface area is 87.5 Å². The molecule has 3 nitrogen and oxygen atoms in total. The second-order valence-electron chi connectivity index (χ2n) is 4.05. The van der Waals surface area contributed by atoms with Crippen LogP contribution in [0, 0.1) is 11.7 Å². The van der Waals surface area contributed by atoms with E-state index in [1.807, 2.05) is 13.8 Å². The van der Waals surface area contributed by atoms with Crippen LogP contribution in [0.15, 0.2) is 18.2 Å². The zero-order chi connectivity index (χ0) is 11.0. The summed E-state index contributed by atoms with van der Waals surface area (Å²) in [7, 11) is 0. The van der Waals surface area contributed by atoms with Crippen molar-refractivity contribution >= 4 is 11.0 Å². The molecule has 0 saturated heterocycles. The van der Waals surface area contributed by atoms with Gasteiger partial charge < -0.3 is 10.7 Å². The number of imidazole rings is 1. The molecule has 2 aromatic rings. The van der Waals surface area contributed by atoms with E-state index in [0.717, 1.165) is 5.52 Å². The molecule has 0 aliphatic carbocycles. The van der Waals surface area contributed by atoms with E-state index >= 15 is 0 Å². The van der Waals surface area contributed by atoms with Crippen molar-refractivity contribution in [1.29, 1.82) is 0 Å². The van der Waals surface area contributed by atoms with E-state index in [2.05, 4.69) is 9.97 Å². The number of halogens is 1. The van der Waals surface area contributed by atoms with Crippen LogP contribution in [0.1, 0.15) is 25.7 Å². The van der Waals surface area contributed by atoms with Gasteiger partial charge in [-0.3, -0.25) is 0 Å². The third-order valence-corrected chi connectivity index (χ3v) is 2.50. The standard InChI is InChI=1S/C11H14FN3/c1-6(2)10(13)11-14-8-4-3-7(12)5-9(8)15-11/h3-6,10H,13H2,1-2H3,(H,14,15). The Morgan fingerprint density at radius 3 is 2.80 bits per heavy atom. The third-order valence-electron chi connectivity index (χ3n) is 2.50. The number of nitrogens with one attached hydrogen (secondary N) is 1. The van der Waals surface area contributed by atoms with Crippen LogP contribution in [0.5, 0.6) is 0 Å². The van der Waals surface area contributed by atoms with E-state index < -0.39 is 0 Å². The van der Waals surface area contributed by atoms with Crippen LogP contribution in [0.4, 0.5) is 4.39 Å². The molecular formula is C11H14FN3. The van der Waals surface area contributed by atoms with E-state index in [0.29, 0.717) is 17.3 Å². The zero-order valence-electron chi connectivity index (χ0n) is 8.79. The Morgan fingerprint density at radius 1 is 1.40 bits per heavy atom. The van der Waals surface area contributed by atoms with E-state index in [9.17, 15) is 4.39 Å². The molecule has 1 heterocycles. The lowest BCUT2D eigenvalue weighted by molar-refractivity contribution is 0.495. The highest BCUT2D eigenvalue weighted by Crippen LogP contribution is 2.20. The SMILES string of the molecule is CC(C)C(N)c1nc2ccc(F)cc2[nH]1. The van der Waals surface area contributed by atoms with Gasteiger partial charge in [-0.15, -0.1) is 0 Å². The molecule has 1 aromatic carbocycles. The van der Waals surface area contributed by atoms with E-state index in [1.165, 1.54) is 12.1 Å². The Balaban J connectivity index is 2.47. The lowest BCUT2D eigenvalue weighted by atomic mass is 10.1. The summed E-state index contributed by atoms with van der Waals surface area (Å²) in [5, 5.41) is 0. The first-order valence-corrected chi connectivity index (χ1v) is 4.98. The fraction of sp³-hybridized carbons (Fsp3) is 0.364. The average Bonchev–Trinajstić information content (AvgIpc) is 2.58. The van der Waals surface area contributed by atoms with Crippen molar-refractivity contribution in [1.82, 2.24) is 9.97 Å². The highest BCUT2D eigenvalue weighted by Gasteiger charge is 2.14. The van der Waals surface area contributed by atoms with Gasteiger partial charge in [0.1, 0.15) is 11.6 Å². The van der Waals surface area contributed by atoms with E-state index in [1.54, 1.807) is 6.07 Å². The van der Waals surface area contributed by atoms with Crippen molar-refractivity contribution < 1.29 is 4.39 Å². The first-order valence-electron chi connectivity index (χ1n) is 4.98. The Morgan fingerprint density at radius 2 is 2.13 bits per heavy atom. The monoisotopic (exact) mass is 207 g/mol. The van der Waals surface area contributed by atoms with Crippen molar-refractivity contribution in [3.8, 4) is 0 Å². The second kappa shape index (κ2) is 3.62. The van der Waals surface area contributed by atoms with Gasteiger partial charge in [-0.2, -0.15) is 0 Å². The molecular weight excluding hydrogens is 193 g/mol. The van der Waals surface area contributed by atoms with Crippen molar-refractivity contribution in [2.24, 2.45) is 11.7 Å². The number of hydrogen-bond acceptors (Lipinski definition) is 2. The Hall–Kier alpha value is -1.42. The van der Waals surface area contributed by atoms with Crippen molar-refractivity contribution in [2.45, 2.75) is 19.9 Å². The van der Waals surface area contributed by atoms with Crippen molar-refractivity contribution in [3.63, 3.8) is 0 Å². The molecule has 0 saturated carbocycles. The molecule has 2 rings (SSSR count). The van der Waals surface area contributed by atoms with Crippen LogP contribution in [-0.4, -0.2) is 9.97 Å². The van der Waals surface area contributed by atoms with Gasteiger partial charge >= 0.3 is 0 Å². The minimum Gasteiger partial charge on any atom is -0.341 e. The molecule has 0 bridgehead atoms. The number of hydrogen-bond donors (Lipinski definition) is 2. The molecule has 80 valence electrons. The largest absolute Gasteiger partial charge is 0.341 e. The molecule has 3 N–H and O–H groups in total. The van der Waals surface area contributed by atoms with Gasteiger partial charge in [0.25, 0.3) is 0 Å². The molecule has 0 aliphatic rings. The van der Waals surface area contributed by atoms with Crippen LogP contribution in [0.2, 0.25) is 0 Å². The normalized spacial score (nSPS) is 13.7. The average molecular weight is 207 g/mol. The van der Waals surface area contributed by atoms with E-state index in [4.69, 9.17) is 5.73 Å².